The molecule has 12 heteroatoms. The molecule has 3 heterocycles. The largest absolute Gasteiger partial charge is 0.507 e. The number of piperazine rings is 1. The molecule has 0 radical (unpaired) electrons. The normalized spacial score (nSPS) is 16.3. The Hall–Kier alpha value is -3.05. The van der Waals surface area contributed by atoms with Crippen molar-refractivity contribution in [2.45, 2.75) is 11.4 Å². The second-order valence-electron chi connectivity index (χ2n) is 9.24. The smallest absolute Gasteiger partial charge is 0.269 e. The summed E-state index contributed by atoms with van der Waals surface area (Å²) in [4.78, 5) is 15.5. The quantitative estimate of drug-likeness (QED) is 0.299. The van der Waals surface area contributed by atoms with Gasteiger partial charge in [0.1, 0.15) is 16.4 Å². The maximum absolute atomic E-state index is 13.6. The molecule has 0 saturated carbocycles. The van der Waals surface area contributed by atoms with Gasteiger partial charge in [0, 0.05) is 49.9 Å². The van der Waals surface area contributed by atoms with Gasteiger partial charge >= 0.3 is 0 Å². The van der Waals surface area contributed by atoms with Crippen LogP contribution in [0.5, 0.6) is 11.5 Å². The van der Waals surface area contributed by atoms with Crippen LogP contribution in [0.15, 0.2) is 77.5 Å². The van der Waals surface area contributed by atoms with Gasteiger partial charge in [0.2, 0.25) is 5.78 Å². The first-order valence-electron chi connectivity index (χ1n) is 12.2. The highest BCUT2D eigenvalue weighted by molar-refractivity contribution is 7.90. The number of phenolic OH excluding ortho intramolecular Hbond substituents is 1. The molecule has 40 heavy (non-hydrogen) atoms. The SMILES string of the molecule is Cl.Cl.O=C1/C(=C/c2cn(S(=O)(=O)c3ccccc3Cl)c3ccccc23)Oc2c1ccc(O)c2CN1CCNCC1. The molecule has 0 bridgehead atoms. The lowest BCUT2D eigenvalue weighted by Crippen LogP contribution is -2.42. The molecule has 1 aromatic heterocycles. The van der Waals surface area contributed by atoms with Gasteiger partial charge in [-0.15, -0.1) is 24.8 Å². The van der Waals surface area contributed by atoms with Gasteiger partial charge in [-0.3, -0.25) is 9.69 Å². The van der Waals surface area contributed by atoms with E-state index in [9.17, 15) is 18.3 Å². The average molecular weight is 623 g/mol. The third kappa shape index (κ3) is 5.21. The summed E-state index contributed by atoms with van der Waals surface area (Å²) < 4.78 is 34.3. The highest BCUT2D eigenvalue weighted by atomic mass is 35.5. The molecule has 0 amide bonds. The summed E-state index contributed by atoms with van der Waals surface area (Å²) in [6.07, 6.45) is 3.02. The molecule has 2 aliphatic heterocycles. The van der Waals surface area contributed by atoms with Crippen molar-refractivity contribution in [3.63, 3.8) is 0 Å². The third-order valence-corrected chi connectivity index (χ3v) is 9.05. The number of benzene rings is 3. The Balaban J connectivity index is 0.00000185. The molecule has 4 aromatic rings. The van der Waals surface area contributed by atoms with Crippen LogP contribution >= 0.6 is 36.4 Å². The Labute approximate surface area is 249 Å². The molecular formula is C28H26Cl3N3O5S. The number of aromatic hydroxyl groups is 1. The first-order valence-corrected chi connectivity index (χ1v) is 14.0. The number of fused-ring (bicyclic) bond motifs is 2. The number of hydrogen-bond donors (Lipinski definition) is 2. The molecule has 8 nitrogen and oxygen atoms in total. The standard InChI is InChI=1S/C28H24ClN3O5S.2ClH/c29-22-6-2-4-8-26(22)38(35,36)32-16-18(19-5-1-3-7-23(19)32)15-25-27(34)20-9-10-24(33)21(28(20)37-25)17-31-13-11-30-12-14-31;;/h1-10,15-16,30,33H,11-14,17H2;2*1H/b25-15-;;. The van der Waals surface area contributed by atoms with Gasteiger partial charge in [0.25, 0.3) is 10.0 Å². The number of para-hydroxylation sites is 1. The van der Waals surface area contributed by atoms with Gasteiger partial charge in [0.05, 0.1) is 21.7 Å². The van der Waals surface area contributed by atoms with E-state index in [-0.39, 0.29) is 52.0 Å². The first kappa shape index (κ1) is 29.9. The van der Waals surface area contributed by atoms with Crippen molar-refractivity contribution in [1.29, 1.82) is 0 Å². The molecule has 0 spiro atoms. The van der Waals surface area contributed by atoms with E-state index < -0.39 is 10.0 Å². The molecule has 1 saturated heterocycles. The summed E-state index contributed by atoms with van der Waals surface area (Å²) >= 11 is 6.23. The highest BCUT2D eigenvalue weighted by Gasteiger charge is 2.32. The van der Waals surface area contributed by atoms with Gasteiger partial charge in [-0.1, -0.05) is 41.9 Å². The lowest BCUT2D eigenvalue weighted by Gasteiger charge is -2.27. The van der Waals surface area contributed by atoms with E-state index in [1.165, 1.54) is 28.4 Å². The van der Waals surface area contributed by atoms with Crippen molar-refractivity contribution in [3.05, 3.63) is 94.3 Å². The summed E-state index contributed by atoms with van der Waals surface area (Å²) in [7, 11) is -4.02. The number of hydrogen-bond acceptors (Lipinski definition) is 7. The number of allylic oxidation sites excluding steroid dienone is 1. The fourth-order valence-electron chi connectivity index (χ4n) is 4.93. The van der Waals surface area contributed by atoms with E-state index in [2.05, 4.69) is 10.2 Å². The number of carbonyl (C=O) groups excluding carboxylic acids is 1. The highest BCUT2D eigenvalue weighted by Crippen LogP contribution is 2.41. The number of nitrogens with zero attached hydrogens (tertiary/aromatic N) is 2. The van der Waals surface area contributed by atoms with Crippen LogP contribution in [0.25, 0.3) is 17.0 Å². The van der Waals surface area contributed by atoms with Crippen molar-refractivity contribution in [1.82, 2.24) is 14.2 Å². The predicted octanol–water partition coefficient (Wildman–Crippen LogP) is 5.10. The minimum absolute atomic E-state index is 0. The van der Waals surface area contributed by atoms with Gasteiger partial charge in [-0.05, 0) is 36.4 Å². The van der Waals surface area contributed by atoms with Crippen molar-refractivity contribution >= 4 is 69.2 Å². The zero-order valence-electron chi connectivity index (χ0n) is 21.0. The van der Waals surface area contributed by atoms with Gasteiger partial charge in [-0.2, -0.15) is 0 Å². The number of rotatable bonds is 5. The van der Waals surface area contributed by atoms with Crippen molar-refractivity contribution in [3.8, 4) is 11.5 Å². The van der Waals surface area contributed by atoms with Crippen LogP contribution in [0.2, 0.25) is 5.02 Å². The van der Waals surface area contributed by atoms with E-state index >= 15 is 0 Å². The predicted molar refractivity (Wildman–Crippen MR) is 160 cm³/mol. The van der Waals surface area contributed by atoms with Crippen LogP contribution in [-0.2, 0) is 16.6 Å². The Bertz CT molecular complexity index is 1730. The fourth-order valence-corrected chi connectivity index (χ4v) is 6.81. The van der Waals surface area contributed by atoms with Crippen LogP contribution in [0.3, 0.4) is 0 Å². The summed E-state index contributed by atoms with van der Waals surface area (Å²) in [6, 6.07) is 16.4. The Morgan fingerprint density at radius 1 is 1.00 bits per heavy atom. The second-order valence-corrected chi connectivity index (χ2v) is 11.4. The summed E-state index contributed by atoms with van der Waals surface area (Å²) in [5.41, 5.74) is 1.87. The van der Waals surface area contributed by atoms with E-state index in [0.717, 1.165) is 26.2 Å². The van der Waals surface area contributed by atoms with Crippen LogP contribution in [-0.4, -0.2) is 54.4 Å². The van der Waals surface area contributed by atoms with Crippen LogP contribution in [0.4, 0.5) is 0 Å². The number of ketones is 1. The van der Waals surface area contributed by atoms with Gasteiger partial charge < -0.3 is 15.2 Å². The van der Waals surface area contributed by atoms with Gasteiger partial charge in [0.15, 0.2) is 5.76 Å². The van der Waals surface area contributed by atoms with Crippen molar-refractivity contribution in [2.75, 3.05) is 26.2 Å². The minimum Gasteiger partial charge on any atom is -0.507 e. The maximum atomic E-state index is 13.6. The molecule has 210 valence electrons. The zero-order valence-corrected chi connectivity index (χ0v) is 24.2. The monoisotopic (exact) mass is 621 g/mol. The number of Topliss-reactive ketones (excluding diaryl/α,β-unsaturated/α-hetero) is 1. The zero-order chi connectivity index (χ0) is 26.4. The van der Waals surface area contributed by atoms with E-state index in [0.29, 0.717) is 39.9 Å². The molecule has 2 aliphatic rings. The number of nitrogens with one attached hydrogen (secondary N) is 1. The maximum Gasteiger partial charge on any atom is 0.269 e. The summed E-state index contributed by atoms with van der Waals surface area (Å²) in [5, 5.41) is 14.6. The fraction of sp³-hybridized carbons (Fsp3) is 0.179. The second kappa shape index (κ2) is 11.8. The first-order chi connectivity index (χ1) is 18.3. The van der Waals surface area contributed by atoms with Crippen molar-refractivity contribution in [2.24, 2.45) is 0 Å². The van der Waals surface area contributed by atoms with Crippen LogP contribution in [0.1, 0.15) is 21.5 Å². The Morgan fingerprint density at radius 3 is 2.45 bits per heavy atom. The number of aromatic nitrogens is 1. The number of ether oxygens (including phenoxy) is 1. The molecule has 1 fully saturated rings. The average Bonchev–Trinajstić information content (AvgIpc) is 3.45. The third-order valence-electron chi connectivity index (χ3n) is 6.88. The van der Waals surface area contributed by atoms with E-state index in [1.54, 1.807) is 48.5 Å². The molecule has 6 rings (SSSR count). The molecule has 0 aliphatic carbocycles. The Morgan fingerprint density at radius 2 is 1.70 bits per heavy atom. The topological polar surface area (TPSA) is 101 Å². The van der Waals surface area contributed by atoms with E-state index in [1.807, 2.05) is 0 Å². The lowest BCUT2D eigenvalue weighted by atomic mass is 10.0. The number of halogens is 3. The molecule has 2 N–H and O–H groups in total. The summed E-state index contributed by atoms with van der Waals surface area (Å²) in [6.45, 7) is 3.79. The molecule has 0 unspecified atom stereocenters. The lowest BCUT2D eigenvalue weighted by molar-refractivity contribution is 0.101. The molecular weight excluding hydrogens is 597 g/mol. The summed E-state index contributed by atoms with van der Waals surface area (Å²) in [5.74, 6) is 0.142. The van der Waals surface area contributed by atoms with Crippen LogP contribution < -0.4 is 10.1 Å². The van der Waals surface area contributed by atoms with Crippen molar-refractivity contribution < 1.29 is 23.1 Å². The molecule has 3 aromatic carbocycles. The Kier molecular flexibility index (Phi) is 8.84. The van der Waals surface area contributed by atoms with E-state index in [4.69, 9.17) is 16.3 Å². The number of carbonyl (C=O) groups is 1. The number of phenols is 1. The molecule has 0 atom stereocenters. The van der Waals surface area contributed by atoms with Crippen LogP contribution in [0, 0.1) is 0 Å². The van der Waals surface area contributed by atoms with Gasteiger partial charge in [-0.25, -0.2) is 12.4 Å². The minimum atomic E-state index is -4.02.